The molecule has 0 unspecified atom stereocenters. The summed E-state index contributed by atoms with van der Waals surface area (Å²) in [6, 6.07) is 1.97. The van der Waals surface area contributed by atoms with E-state index >= 15 is 0 Å². The van der Waals surface area contributed by atoms with Gasteiger partial charge >= 0.3 is 0 Å². The standard InChI is InChI=1S/C8H4ClNO5S/c9-4-2-5-3(7(11)8(12)10-5)1-6(4)16(13,14)15/h1-2H,(H,10,11,12)(H,13,14,15). The van der Waals surface area contributed by atoms with Gasteiger partial charge in [-0.3, -0.25) is 14.1 Å². The van der Waals surface area contributed by atoms with Crippen molar-refractivity contribution in [2.45, 2.75) is 4.90 Å². The molecule has 0 saturated heterocycles. The molecule has 0 aliphatic carbocycles. The molecule has 0 fully saturated rings. The number of rotatable bonds is 1. The Morgan fingerprint density at radius 2 is 1.88 bits per heavy atom. The lowest BCUT2D eigenvalue weighted by Crippen LogP contribution is -2.12. The van der Waals surface area contributed by atoms with Crippen molar-refractivity contribution in [1.29, 1.82) is 0 Å². The summed E-state index contributed by atoms with van der Waals surface area (Å²) < 4.78 is 30.6. The maximum Gasteiger partial charge on any atom is 0.296 e. The van der Waals surface area contributed by atoms with Crippen LogP contribution in [0.1, 0.15) is 10.4 Å². The van der Waals surface area contributed by atoms with E-state index in [1.807, 2.05) is 0 Å². The monoisotopic (exact) mass is 261 g/mol. The SMILES string of the molecule is O=C1Nc2cc(Cl)c(S(=O)(=O)O)cc2C1=O. The zero-order chi connectivity index (χ0) is 12.1. The lowest BCUT2D eigenvalue weighted by Gasteiger charge is -2.03. The number of anilines is 1. The fourth-order valence-electron chi connectivity index (χ4n) is 1.34. The van der Waals surface area contributed by atoms with Gasteiger partial charge in [-0.25, -0.2) is 0 Å². The molecule has 1 amide bonds. The second kappa shape index (κ2) is 3.27. The minimum Gasteiger partial charge on any atom is -0.318 e. The van der Waals surface area contributed by atoms with E-state index in [4.69, 9.17) is 16.2 Å². The first-order valence-corrected chi connectivity index (χ1v) is 5.79. The molecular formula is C8H4ClNO5S. The van der Waals surface area contributed by atoms with Crippen molar-refractivity contribution in [2.24, 2.45) is 0 Å². The number of nitrogens with one attached hydrogen (secondary N) is 1. The molecule has 0 radical (unpaired) electrons. The summed E-state index contributed by atoms with van der Waals surface area (Å²) in [5, 5.41) is 1.95. The van der Waals surface area contributed by atoms with Gasteiger partial charge in [-0.1, -0.05) is 11.6 Å². The van der Waals surface area contributed by atoms with Crippen LogP contribution < -0.4 is 5.32 Å². The van der Waals surface area contributed by atoms with Gasteiger partial charge in [0.15, 0.2) is 0 Å². The van der Waals surface area contributed by atoms with E-state index in [-0.39, 0.29) is 16.3 Å². The molecule has 0 atom stereocenters. The van der Waals surface area contributed by atoms with Gasteiger partial charge in [0.2, 0.25) is 0 Å². The lowest BCUT2D eigenvalue weighted by atomic mass is 10.1. The summed E-state index contributed by atoms with van der Waals surface area (Å²) in [6.45, 7) is 0. The Labute approximate surface area is 95.0 Å². The van der Waals surface area contributed by atoms with Gasteiger partial charge in [-0.2, -0.15) is 8.42 Å². The Hall–Kier alpha value is -1.44. The van der Waals surface area contributed by atoms with Crippen molar-refractivity contribution in [1.82, 2.24) is 0 Å². The molecule has 0 bridgehead atoms. The summed E-state index contributed by atoms with van der Waals surface area (Å²) in [5.41, 5.74) is 0.00873. The summed E-state index contributed by atoms with van der Waals surface area (Å²) >= 11 is 5.59. The third-order valence-electron chi connectivity index (χ3n) is 2.05. The Kier molecular flexibility index (Phi) is 2.26. The van der Waals surface area contributed by atoms with Crippen LogP contribution in [-0.4, -0.2) is 24.7 Å². The van der Waals surface area contributed by atoms with Crippen LogP contribution in [0.4, 0.5) is 5.69 Å². The van der Waals surface area contributed by atoms with Gasteiger partial charge in [-0.05, 0) is 12.1 Å². The summed E-state index contributed by atoms with van der Waals surface area (Å²) in [4.78, 5) is 21.6. The van der Waals surface area contributed by atoms with Gasteiger partial charge in [0.1, 0.15) is 4.90 Å². The molecule has 0 aromatic heterocycles. The molecule has 1 aromatic carbocycles. The number of hydrogen-bond donors (Lipinski definition) is 2. The molecule has 1 aliphatic heterocycles. The van der Waals surface area contributed by atoms with Crippen LogP contribution in [0.15, 0.2) is 17.0 Å². The first kappa shape index (κ1) is 11.1. The highest BCUT2D eigenvalue weighted by atomic mass is 35.5. The predicted octanol–water partition coefficient (Wildman–Crippen LogP) is 0.722. The molecule has 0 saturated carbocycles. The molecule has 6 nitrogen and oxygen atoms in total. The Balaban J connectivity index is 2.73. The molecule has 2 N–H and O–H groups in total. The number of benzene rings is 1. The second-order valence-corrected chi connectivity index (χ2v) is 4.88. The fraction of sp³-hybridized carbons (Fsp3) is 0. The van der Waals surface area contributed by atoms with Gasteiger partial charge in [-0.15, -0.1) is 0 Å². The minimum atomic E-state index is -4.52. The number of Topliss-reactive ketones (excluding diaryl/α,β-unsaturated/α-hetero) is 1. The highest BCUT2D eigenvalue weighted by molar-refractivity contribution is 7.86. The maximum absolute atomic E-state index is 11.3. The van der Waals surface area contributed by atoms with Crippen LogP contribution in [0.2, 0.25) is 5.02 Å². The highest BCUT2D eigenvalue weighted by Crippen LogP contribution is 2.31. The van der Waals surface area contributed by atoms with E-state index in [2.05, 4.69) is 5.32 Å². The zero-order valence-electron chi connectivity index (χ0n) is 7.52. The average Bonchev–Trinajstić information content (AvgIpc) is 2.39. The Bertz CT molecular complexity index is 622. The topological polar surface area (TPSA) is 101 Å². The van der Waals surface area contributed by atoms with E-state index in [1.165, 1.54) is 0 Å². The van der Waals surface area contributed by atoms with E-state index in [9.17, 15) is 18.0 Å². The lowest BCUT2D eigenvalue weighted by molar-refractivity contribution is -0.112. The van der Waals surface area contributed by atoms with E-state index in [0.29, 0.717) is 0 Å². The van der Waals surface area contributed by atoms with Crippen molar-refractivity contribution in [2.75, 3.05) is 5.32 Å². The molecule has 16 heavy (non-hydrogen) atoms. The summed E-state index contributed by atoms with van der Waals surface area (Å²) in [7, 11) is -4.52. The maximum atomic E-state index is 11.3. The zero-order valence-corrected chi connectivity index (χ0v) is 9.09. The number of fused-ring (bicyclic) bond motifs is 1. The van der Waals surface area contributed by atoms with Gasteiger partial charge in [0.05, 0.1) is 16.3 Å². The molecular weight excluding hydrogens is 258 g/mol. The molecule has 1 aliphatic rings. The van der Waals surface area contributed by atoms with Crippen molar-refractivity contribution >= 4 is 39.1 Å². The number of hydrogen-bond acceptors (Lipinski definition) is 4. The average molecular weight is 262 g/mol. The third-order valence-corrected chi connectivity index (χ3v) is 3.37. The van der Waals surface area contributed by atoms with Crippen molar-refractivity contribution in [3.63, 3.8) is 0 Å². The van der Waals surface area contributed by atoms with E-state index in [1.54, 1.807) is 0 Å². The van der Waals surface area contributed by atoms with E-state index in [0.717, 1.165) is 12.1 Å². The molecule has 1 heterocycles. The van der Waals surface area contributed by atoms with Gasteiger partial charge < -0.3 is 5.32 Å². The number of carbonyl (C=O) groups excluding carboxylic acids is 2. The first-order valence-electron chi connectivity index (χ1n) is 3.97. The normalized spacial score (nSPS) is 14.9. The smallest absolute Gasteiger partial charge is 0.296 e. The van der Waals surface area contributed by atoms with Crippen LogP contribution in [0, 0.1) is 0 Å². The van der Waals surface area contributed by atoms with Crippen LogP contribution in [0.3, 0.4) is 0 Å². The van der Waals surface area contributed by atoms with Gasteiger partial charge in [0.25, 0.3) is 21.8 Å². The predicted molar refractivity (Wildman–Crippen MR) is 54.2 cm³/mol. The second-order valence-electron chi connectivity index (χ2n) is 3.09. The summed E-state index contributed by atoms with van der Waals surface area (Å²) in [6.07, 6.45) is 0. The van der Waals surface area contributed by atoms with Crippen LogP contribution in [0.25, 0.3) is 0 Å². The largest absolute Gasteiger partial charge is 0.318 e. The third kappa shape index (κ3) is 1.58. The number of halogens is 1. The molecule has 84 valence electrons. The highest BCUT2D eigenvalue weighted by Gasteiger charge is 2.31. The Morgan fingerprint density at radius 3 is 2.44 bits per heavy atom. The fourth-order valence-corrected chi connectivity index (χ4v) is 2.37. The summed E-state index contributed by atoms with van der Waals surface area (Å²) in [5.74, 6) is -1.73. The molecule has 8 heteroatoms. The minimum absolute atomic E-state index is 0.123. The van der Waals surface area contributed by atoms with Crippen LogP contribution in [-0.2, 0) is 14.9 Å². The van der Waals surface area contributed by atoms with E-state index < -0.39 is 26.7 Å². The van der Waals surface area contributed by atoms with Crippen LogP contribution >= 0.6 is 11.6 Å². The molecule has 1 aromatic rings. The molecule has 0 spiro atoms. The van der Waals surface area contributed by atoms with Gasteiger partial charge in [0, 0.05) is 0 Å². The van der Waals surface area contributed by atoms with Crippen molar-refractivity contribution in [3.05, 3.63) is 22.7 Å². The van der Waals surface area contributed by atoms with Crippen LogP contribution in [0.5, 0.6) is 0 Å². The quantitative estimate of drug-likeness (QED) is 0.573. The molecule has 2 rings (SSSR count). The number of ketones is 1. The van der Waals surface area contributed by atoms with Crippen molar-refractivity contribution < 1.29 is 22.6 Å². The number of amides is 1. The Morgan fingerprint density at radius 1 is 1.25 bits per heavy atom. The number of carbonyl (C=O) groups is 2. The van der Waals surface area contributed by atoms with Crippen molar-refractivity contribution in [3.8, 4) is 0 Å². The first-order chi connectivity index (χ1) is 7.30.